The van der Waals surface area contributed by atoms with Crippen molar-refractivity contribution in [2.45, 2.75) is 36.2 Å². The fourth-order valence-electron chi connectivity index (χ4n) is 3.79. The van der Waals surface area contributed by atoms with Crippen LogP contribution < -0.4 is 16.1 Å². The minimum absolute atomic E-state index is 0.0560. The summed E-state index contributed by atoms with van der Waals surface area (Å²) in [4.78, 5) is 27.1. The predicted octanol–water partition coefficient (Wildman–Crippen LogP) is 2.82. The minimum atomic E-state index is -0.766. The highest BCUT2D eigenvalue weighted by Gasteiger charge is 2.36. The van der Waals surface area contributed by atoms with Crippen LogP contribution in [0.1, 0.15) is 35.5 Å². The van der Waals surface area contributed by atoms with Crippen molar-refractivity contribution < 1.29 is 18.3 Å². The van der Waals surface area contributed by atoms with E-state index in [1.807, 2.05) is 4.90 Å². The van der Waals surface area contributed by atoms with Crippen LogP contribution in [-0.2, 0) is 4.74 Å². The molecule has 0 aliphatic carbocycles. The van der Waals surface area contributed by atoms with Crippen LogP contribution in [0.3, 0.4) is 0 Å². The molecule has 2 aromatic rings. The number of nitrogens with zero attached hydrogens (tertiary/aromatic N) is 2. The summed E-state index contributed by atoms with van der Waals surface area (Å²) in [5.41, 5.74) is 5.99. The van der Waals surface area contributed by atoms with E-state index in [2.05, 4.69) is 0 Å². The van der Waals surface area contributed by atoms with Gasteiger partial charge in [0.15, 0.2) is 0 Å². The van der Waals surface area contributed by atoms with E-state index in [0.717, 1.165) is 30.7 Å². The Morgan fingerprint density at radius 2 is 2.07 bits per heavy atom. The highest BCUT2D eigenvalue weighted by atomic mass is 32.2. The number of carbonyl (C=O) groups excluding carboxylic acids is 1. The van der Waals surface area contributed by atoms with Crippen molar-refractivity contribution in [1.29, 1.82) is 0 Å². The number of piperidine rings is 1. The molecule has 3 heterocycles. The number of pyridine rings is 1. The van der Waals surface area contributed by atoms with Gasteiger partial charge in [0.2, 0.25) is 5.43 Å². The zero-order valence-corrected chi connectivity index (χ0v) is 16.2. The van der Waals surface area contributed by atoms with E-state index in [-0.39, 0.29) is 23.6 Å². The maximum Gasteiger partial charge on any atom is 0.344 e. The normalized spacial score (nSPS) is 19.4. The first-order chi connectivity index (χ1) is 13.5. The van der Waals surface area contributed by atoms with Crippen LogP contribution in [0.2, 0.25) is 0 Å². The second-order valence-corrected chi connectivity index (χ2v) is 8.14. The number of anilines is 1. The second-order valence-electron chi connectivity index (χ2n) is 6.97. The Bertz CT molecular complexity index is 1000. The summed E-state index contributed by atoms with van der Waals surface area (Å²) in [6, 6.07) is 2.84. The fraction of sp³-hybridized carbons (Fsp3) is 0.474. The molecule has 2 aliphatic heterocycles. The van der Waals surface area contributed by atoms with Crippen molar-refractivity contribution in [3.8, 4) is 0 Å². The topological polar surface area (TPSA) is 77.6 Å². The van der Waals surface area contributed by atoms with Gasteiger partial charge in [0, 0.05) is 24.5 Å². The van der Waals surface area contributed by atoms with Gasteiger partial charge in [-0.25, -0.2) is 13.6 Å². The molecule has 0 spiro atoms. The summed E-state index contributed by atoms with van der Waals surface area (Å²) in [7, 11) is 0. The third kappa shape index (κ3) is 2.97. The van der Waals surface area contributed by atoms with E-state index in [0.29, 0.717) is 29.3 Å². The number of aromatic nitrogens is 1. The number of thioether (sulfide) groups is 1. The average Bonchev–Trinajstić information content (AvgIpc) is 2.65. The summed E-state index contributed by atoms with van der Waals surface area (Å²) < 4.78 is 34.9. The van der Waals surface area contributed by atoms with E-state index < -0.39 is 29.3 Å². The number of esters is 1. The third-order valence-electron chi connectivity index (χ3n) is 5.26. The molecule has 28 heavy (non-hydrogen) atoms. The SMILES string of the molecule is CCOC(=O)c1c2n(c3cc(N4CCC(N)CC4)c(F)cc3c1=O)C(CF)S2. The molecule has 150 valence electrons. The molecule has 2 aliphatic rings. The number of fused-ring (bicyclic) bond motifs is 3. The summed E-state index contributed by atoms with van der Waals surface area (Å²) >= 11 is 1.12. The van der Waals surface area contributed by atoms with Crippen molar-refractivity contribution >= 4 is 34.3 Å². The van der Waals surface area contributed by atoms with Gasteiger partial charge in [0.05, 0.1) is 22.8 Å². The van der Waals surface area contributed by atoms with Gasteiger partial charge >= 0.3 is 5.97 Å². The van der Waals surface area contributed by atoms with Gasteiger partial charge in [-0.1, -0.05) is 11.8 Å². The molecule has 0 amide bonds. The number of hydrogen-bond donors (Lipinski definition) is 1. The van der Waals surface area contributed by atoms with Gasteiger partial charge in [0.1, 0.15) is 23.4 Å². The monoisotopic (exact) mass is 409 g/mol. The maximum absolute atomic E-state index is 14.9. The lowest BCUT2D eigenvalue weighted by molar-refractivity contribution is 0.0518. The molecule has 9 heteroatoms. The number of halogens is 2. The molecule has 1 aromatic carbocycles. The molecular weight excluding hydrogens is 388 g/mol. The Kier molecular flexibility index (Phi) is 5.05. The molecule has 1 atom stereocenters. The standard InChI is InChI=1S/C19H21F2N3O3S/c1-2-27-19(26)16-17(25)11-7-12(21)14(23-5-3-10(22)4-6-23)8-13(11)24-15(9-20)28-18(16)24/h7-8,10,15H,2-6,9,22H2,1H3. The zero-order chi connectivity index (χ0) is 20.0. The van der Waals surface area contributed by atoms with Gasteiger partial charge in [-0.3, -0.25) is 4.79 Å². The quantitative estimate of drug-likeness (QED) is 0.783. The number of ether oxygens (including phenoxy) is 1. The molecule has 1 saturated heterocycles. The van der Waals surface area contributed by atoms with Gasteiger partial charge in [0.25, 0.3) is 0 Å². The van der Waals surface area contributed by atoms with Crippen molar-refractivity contribution in [3.63, 3.8) is 0 Å². The molecular formula is C19H21F2N3O3S. The van der Waals surface area contributed by atoms with Crippen molar-refractivity contribution in [3.05, 3.63) is 33.7 Å². The lowest BCUT2D eigenvalue weighted by Gasteiger charge is -2.35. The highest BCUT2D eigenvalue weighted by molar-refractivity contribution is 8.00. The second kappa shape index (κ2) is 7.36. The summed E-state index contributed by atoms with van der Waals surface area (Å²) in [5, 5.41) is -0.128. The van der Waals surface area contributed by atoms with Gasteiger partial charge < -0.3 is 19.9 Å². The molecule has 6 nitrogen and oxygen atoms in total. The van der Waals surface area contributed by atoms with Gasteiger partial charge in [-0.05, 0) is 31.9 Å². The average molecular weight is 409 g/mol. The summed E-state index contributed by atoms with van der Waals surface area (Å²) in [6.45, 7) is 2.31. The highest BCUT2D eigenvalue weighted by Crippen LogP contribution is 2.47. The molecule has 1 fully saturated rings. The fourth-order valence-corrected chi connectivity index (χ4v) is 4.91. The summed E-state index contributed by atoms with van der Waals surface area (Å²) in [5.74, 6) is -1.31. The van der Waals surface area contributed by atoms with Crippen LogP contribution in [-0.4, -0.2) is 42.9 Å². The Labute approximate surface area is 164 Å². The van der Waals surface area contributed by atoms with Crippen molar-refractivity contribution in [1.82, 2.24) is 4.57 Å². The summed E-state index contributed by atoms with van der Waals surface area (Å²) in [6.07, 6.45) is 1.50. The largest absolute Gasteiger partial charge is 0.462 e. The number of hydrogen-bond acceptors (Lipinski definition) is 6. The van der Waals surface area contributed by atoms with Crippen LogP contribution >= 0.6 is 11.8 Å². The molecule has 4 rings (SSSR count). The Balaban J connectivity index is 1.90. The van der Waals surface area contributed by atoms with E-state index in [4.69, 9.17) is 10.5 Å². The Hall–Kier alpha value is -2.13. The minimum Gasteiger partial charge on any atom is -0.462 e. The first-order valence-electron chi connectivity index (χ1n) is 9.28. The molecule has 0 saturated carbocycles. The number of alkyl halides is 1. The molecule has 1 aromatic heterocycles. The first-order valence-corrected chi connectivity index (χ1v) is 10.2. The van der Waals surface area contributed by atoms with Gasteiger partial charge in [-0.2, -0.15) is 0 Å². The Morgan fingerprint density at radius 1 is 1.36 bits per heavy atom. The van der Waals surface area contributed by atoms with Gasteiger partial charge in [-0.15, -0.1) is 0 Å². The lowest BCUT2D eigenvalue weighted by atomic mass is 10.0. The third-order valence-corrected chi connectivity index (χ3v) is 6.49. The van der Waals surface area contributed by atoms with Crippen LogP contribution in [0.4, 0.5) is 14.5 Å². The van der Waals surface area contributed by atoms with Crippen molar-refractivity contribution in [2.24, 2.45) is 5.73 Å². The smallest absolute Gasteiger partial charge is 0.344 e. The van der Waals surface area contributed by atoms with E-state index >= 15 is 0 Å². The Morgan fingerprint density at radius 3 is 2.71 bits per heavy atom. The number of rotatable bonds is 4. The number of nitrogens with two attached hydrogens (primary N) is 1. The molecule has 2 N–H and O–H groups in total. The first kappa shape index (κ1) is 19.2. The van der Waals surface area contributed by atoms with E-state index in [1.165, 1.54) is 0 Å². The maximum atomic E-state index is 14.9. The molecule has 0 bridgehead atoms. The van der Waals surface area contributed by atoms with Crippen LogP contribution in [0.5, 0.6) is 0 Å². The van der Waals surface area contributed by atoms with Crippen molar-refractivity contribution in [2.75, 3.05) is 31.3 Å². The zero-order valence-electron chi connectivity index (χ0n) is 15.4. The predicted molar refractivity (Wildman–Crippen MR) is 104 cm³/mol. The van der Waals surface area contributed by atoms with E-state index in [9.17, 15) is 18.4 Å². The molecule has 0 radical (unpaired) electrons. The molecule has 1 unspecified atom stereocenters. The number of benzene rings is 1. The van der Waals surface area contributed by atoms with Crippen LogP contribution in [0.25, 0.3) is 10.9 Å². The van der Waals surface area contributed by atoms with Crippen LogP contribution in [0.15, 0.2) is 22.0 Å². The number of carbonyl (C=O) groups is 1. The van der Waals surface area contributed by atoms with Crippen LogP contribution in [0, 0.1) is 5.82 Å². The van der Waals surface area contributed by atoms with E-state index in [1.54, 1.807) is 17.6 Å². The lowest BCUT2D eigenvalue weighted by Crippen LogP contribution is -2.40.